The van der Waals surface area contributed by atoms with Crippen LogP contribution in [0.15, 0.2) is 35.1 Å². The predicted octanol–water partition coefficient (Wildman–Crippen LogP) is 3.10. The molecule has 2 aromatic rings. The lowest BCUT2D eigenvalue weighted by molar-refractivity contribution is 0.0989. The molecule has 5 heteroatoms. The summed E-state index contributed by atoms with van der Waals surface area (Å²) in [5, 5.41) is 0. The maximum Gasteiger partial charge on any atom is 0.170 e. The van der Waals surface area contributed by atoms with Crippen LogP contribution in [-0.2, 0) is 13.0 Å². The van der Waals surface area contributed by atoms with Gasteiger partial charge >= 0.3 is 0 Å². The van der Waals surface area contributed by atoms with Crippen LogP contribution in [0.5, 0.6) is 5.75 Å². The number of ketones is 1. The van der Waals surface area contributed by atoms with E-state index in [-0.39, 0.29) is 5.78 Å². The van der Waals surface area contributed by atoms with Crippen LogP contribution in [0.1, 0.15) is 23.1 Å². The Hall–Kier alpha value is -1.62. The molecule has 0 saturated heterocycles. The molecule has 0 bridgehead atoms. The number of methoxy groups -OCH3 is 1. The van der Waals surface area contributed by atoms with Crippen molar-refractivity contribution in [3.63, 3.8) is 0 Å². The van der Waals surface area contributed by atoms with Gasteiger partial charge in [0.25, 0.3) is 0 Å². The van der Waals surface area contributed by atoms with Crippen molar-refractivity contribution >= 4 is 21.7 Å². The molecule has 0 aliphatic rings. The lowest BCUT2D eigenvalue weighted by atomic mass is 10.1. The summed E-state index contributed by atoms with van der Waals surface area (Å²) in [6.07, 6.45) is 3.90. The highest BCUT2D eigenvalue weighted by molar-refractivity contribution is 9.10. The van der Waals surface area contributed by atoms with E-state index in [1.807, 2.05) is 17.7 Å². The minimum Gasteiger partial charge on any atom is -0.496 e. The number of hydrogen-bond acceptors (Lipinski definition) is 3. The van der Waals surface area contributed by atoms with Gasteiger partial charge < -0.3 is 9.30 Å². The first kappa shape index (κ1) is 13.8. The largest absolute Gasteiger partial charge is 0.496 e. The molecule has 0 saturated carbocycles. The molecule has 2 rings (SSSR count). The average Bonchev–Trinajstić information content (AvgIpc) is 2.85. The summed E-state index contributed by atoms with van der Waals surface area (Å²) < 4.78 is 7.89. The van der Waals surface area contributed by atoms with Crippen molar-refractivity contribution < 1.29 is 9.53 Å². The number of aromatic nitrogens is 2. The van der Waals surface area contributed by atoms with E-state index in [1.54, 1.807) is 31.5 Å². The Morgan fingerprint density at radius 1 is 1.47 bits per heavy atom. The van der Waals surface area contributed by atoms with Gasteiger partial charge in [-0.15, -0.1) is 0 Å². The molecule has 4 nitrogen and oxygen atoms in total. The molecular formula is C14H15BrN2O2. The molecule has 19 heavy (non-hydrogen) atoms. The number of Topliss-reactive ketones (excluding diaryl/α,β-unsaturated/α-hetero) is 1. The van der Waals surface area contributed by atoms with Crippen LogP contribution in [0.2, 0.25) is 0 Å². The third-order valence-electron chi connectivity index (χ3n) is 2.93. The predicted molar refractivity (Wildman–Crippen MR) is 76.6 cm³/mol. The van der Waals surface area contributed by atoms with Crippen molar-refractivity contribution in [2.75, 3.05) is 7.11 Å². The normalized spacial score (nSPS) is 10.5. The van der Waals surface area contributed by atoms with Gasteiger partial charge in [0, 0.05) is 24.5 Å². The Bertz CT molecular complexity index is 593. The van der Waals surface area contributed by atoms with Gasteiger partial charge in [0.1, 0.15) is 11.6 Å². The maximum absolute atomic E-state index is 12.2. The van der Waals surface area contributed by atoms with Crippen LogP contribution in [0.3, 0.4) is 0 Å². The number of ether oxygens (including phenoxy) is 1. The van der Waals surface area contributed by atoms with Gasteiger partial charge in [0.2, 0.25) is 0 Å². The highest BCUT2D eigenvalue weighted by atomic mass is 79.9. The zero-order valence-electron chi connectivity index (χ0n) is 10.9. The zero-order chi connectivity index (χ0) is 13.8. The fourth-order valence-electron chi connectivity index (χ4n) is 1.88. The fraction of sp³-hybridized carbons (Fsp3) is 0.286. The number of carbonyl (C=O) groups is 1. The third-order valence-corrected chi connectivity index (χ3v) is 3.55. The zero-order valence-corrected chi connectivity index (χ0v) is 12.5. The van der Waals surface area contributed by atoms with Crippen LogP contribution >= 0.6 is 15.9 Å². The number of hydrogen-bond donors (Lipinski definition) is 0. The van der Waals surface area contributed by atoms with E-state index in [0.29, 0.717) is 17.7 Å². The van der Waals surface area contributed by atoms with Crippen molar-refractivity contribution in [1.82, 2.24) is 9.55 Å². The van der Waals surface area contributed by atoms with E-state index >= 15 is 0 Å². The number of carbonyl (C=O) groups excluding carboxylic acids is 1. The van der Waals surface area contributed by atoms with E-state index in [0.717, 1.165) is 16.8 Å². The van der Waals surface area contributed by atoms with Crippen molar-refractivity contribution in [2.24, 2.45) is 0 Å². The van der Waals surface area contributed by atoms with Gasteiger partial charge in [-0.05, 0) is 41.1 Å². The van der Waals surface area contributed by atoms with E-state index in [1.165, 1.54) is 0 Å². The van der Waals surface area contributed by atoms with Gasteiger partial charge in [-0.3, -0.25) is 4.79 Å². The number of benzene rings is 1. The third kappa shape index (κ3) is 3.04. The molecule has 0 N–H and O–H groups in total. The van der Waals surface area contributed by atoms with Crippen molar-refractivity contribution in [2.45, 2.75) is 19.9 Å². The first-order valence-corrected chi connectivity index (χ1v) is 6.81. The van der Waals surface area contributed by atoms with Crippen molar-refractivity contribution in [1.29, 1.82) is 0 Å². The number of nitrogens with zero attached hydrogens (tertiary/aromatic N) is 2. The molecule has 1 aromatic heterocycles. The number of imidazole rings is 1. The molecule has 0 aliphatic heterocycles. The molecule has 1 aromatic carbocycles. The highest BCUT2D eigenvalue weighted by Crippen LogP contribution is 2.26. The van der Waals surface area contributed by atoms with Gasteiger partial charge in [-0.1, -0.05) is 0 Å². The molecule has 0 spiro atoms. The number of halogens is 1. The Labute approximate surface area is 120 Å². The topological polar surface area (TPSA) is 44.1 Å². The first-order chi connectivity index (χ1) is 9.15. The highest BCUT2D eigenvalue weighted by Gasteiger charge is 2.12. The average molecular weight is 323 g/mol. The van der Waals surface area contributed by atoms with Crippen LogP contribution in [-0.4, -0.2) is 22.4 Å². The molecule has 0 amide bonds. The Kier molecular flexibility index (Phi) is 4.37. The van der Waals surface area contributed by atoms with Crippen molar-refractivity contribution in [3.05, 3.63) is 46.5 Å². The summed E-state index contributed by atoms with van der Waals surface area (Å²) in [5.74, 6) is 1.55. The Morgan fingerprint density at radius 3 is 2.89 bits per heavy atom. The lowest BCUT2D eigenvalue weighted by Crippen LogP contribution is -2.09. The minimum absolute atomic E-state index is 0.0456. The Balaban J connectivity index is 2.18. The second kappa shape index (κ2) is 6.02. The van der Waals surface area contributed by atoms with Gasteiger partial charge in [-0.2, -0.15) is 0 Å². The summed E-state index contributed by atoms with van der Waals surface area (Å²) in [5.41, 5.74) is 0.651. The summed E-state index contributed by atoms with van der Waals surface area (Å²) in [4.78, 5) is 16.4. The molecule has 0 fully saturated rings. The molecular weight excluding hydrogens is 308 g/mol. The summed E-state index contributed by atoms with van der Waals surface area (Å²) >= 11 is 3.38. The summed E-state index contributed by atoms with van der Waals surface area (Å²) in [6, 6.07) is 5.33. The second-order valence-electron chi connectivity index (χ2n) is 4.08. The SMILES string of the molecule is CCn1ccnc1CC(=O)c1ccc(OC)c(Br)c1. The molecule has 0 unspecified atom stereocenters. The molecule has 0 radical (unpaired) electrons. The molecule has 0 atom stereocenters. The van der Waals surface area contributed by atoms with E-state index in [9.17, 15) is 4.79 Å². The monoisotopic (exact) mass is 322 g/mol. The summed E-state index contributed by atoms with van der Waals surface area (Å²) in [6.45, 7) is 2.84. The standard InChI is InChI=1S/C14H15BrN2O2/c1-3-17-7-6-16-14(17)9-12(18)10-4-5-13(19-2)11(15)8-10/h4-8H,3,9H2,1-2H3. The van der Waals surface area contributed by atoms with Gasteiger partial charge in [0.05, 0.1) is 18.0 Å². The maximum atomic E-state index is 12.2. The first-order valence-electron chi connectivity index (χ1n) is 6.02. The number of aryl methyl sites for hydroxylation is 1. The number of rotatable bonds is 5. The quantitative estimate of drug-likeness (QED) is 0.794. The van der Waals surface area contributed by atoms with Crippen LogP contribution < -0.4 is 4.74 Å². The smallest absolute Gasteiger partial charge is 0.170 e. The minimum atomic E-state index is 0.0456. The van der Waals surface area contributed by atoms with E-state index in [4.69, 9.17) is 4.74 Å². The molecule has 0 aliphatic carbocycles. The van der Waals surface area contributed by atoms with E-state index in [2.05, 4.69) is 20.9 Å². The molecule has 1 heterocycles. The molecule has 100 valence electrons. The second-order valence-corrected chi connectivity index (χ2v) is 4.93. The van der Waals surface area contributed by atoms with Gasteiger partial charge in [0.15, 0.2) is 5.78 Å². The van der Waals surface area contributed by atoms with Crippen LogP contribution in [0.4, 0.5) is 0 Å². The fourth-order valence-corrected chi connectivity index (χ4v) is 2.42. The van der Waals surface area contributed by atoms with Crippen molar-refractivity contribution in [3.8, 4) is 5.75 Å². The Morgan fingerprint density at radius 2 is 2.26 bits per heavy atom. The van der Waals surface area contributed by atoms with E-state index < -0.39 is 0 Å². The van der Waals surface area contributed by atoms with Crippen LogP contribution in [0, 0.1) is 0 Å². The van der Waals surface area contributed by atoms with Crippen LogP contribution in [0.25, 0.3) is 0 Å². The van der Waals surface area contributed by atoms with Gasteiger partial charge in [-0.25, -0.2) is 4.98 Å². The summed E-state index contributed by atoms with van der Waals surface area (Å²) in [7, 11) is 1.60. The lowest BCUT2D eigenvalue weighted by Gasteiger charge is -2.07.